The first-order valence-electron chi connectivity index (χ1n) is 19.0. The van der Waals surface area contributed by atoms with E-state index in [4.69, 9.17) is 0 Å². The van der Waals surface area contributed by atoms with Gasteiger partial charge in [-0.15, -0.1) is 0 Å². The Kier molecular flexibility index (Phi) is 7.35. The Balaban J connectivity index is 1.20. The summed E-state index contributed by atoms with van der Waals surface area (Å²) in [6.45, 7) is 6.91. The topological polar surface area (TPSA) is 3.24 Å². The van der Waals surface area contributed by atoms with Gasteiger partial charge in [-0.25, -0.2) is 0 Å². The van der Waals surface area contributed by atoms with E-state index in [0.717, 1.165) is 17.1 Å². The standard InChI is InChI=1S/C53H41N/c1-36-25-31-48-46(33-36)47-35-43(30-32-49(47)52(48,2)3)54(41-28-26-38(27-29-41)37-15-6-4-7-16-37)42-20-14-19-40(34-42)53(39-17-8-5-9-18-39)50-23-12-10-21-44(50)45-22-11-13-24-51(45)53/h4-35H,1-3H3. The lowest BCUT2D eigenvalue weighted by Gasteiger charge is -2.35. The fraction of sp³-hybridized carbons (Fsp3) is 0.0943. The van der Waals surface area contributed by atoms with Gasteiger partial charge in [-0.3, -0.25) is 0 Å². The largest absolute Gasteiger partial charge is 0.310 e. The molecule has 1 nitrogen and oxygen atoms in total. The predicted molar refractivity (Wildman–Crippen MR) is 226 cm³/mol. The van der Waals surface area contributed by atoms with E-state index in [9.17, 15) is 0 Å². The van der Waals surface area contributed by atoms with Crippen molar-refractivity contribution in [1.82, 2.24) is 0 Å². The fourth-order valence-electron chi connectivity index (χ4n) is 9.48. The minimum absolute atomic E-state index is 0.0652. The molecule has 54 heavy (non-hydrogen) atoms. The van der Waals surface area contributed by atoms with Crippen molar-refractivity contribution in [2.75, 3.05) is 4.90 Å². The molecule has 1 heteroatoms. The molecular formula is C53H41N. The SMILES string of the molecule is Cc1ccc2c(c1)-c1cc(N(c3ccc(-c4ccccc4)cc3)c3cccc(C4(c5ccccc5)c5ccccc5-c5ccccc54)c3)ccc1C2(C)C. The molecule has 0 heterocycles. The lowest BCUT2D eigenvalue weighted by Crippen LogP contribution is -2.28. The van der Waals surface area contributed by atoms with E-state index in [2.05, 4.69) is 220 Å². The second kappa shape index (κ2) is 12.3. The van der Waals surface area contributed by atoms with Gasteiger partial charge in [-0.1, -0.05) is 177 Å². The summed E-state index contributed by atoms with van der Waals surface area (Å²) in [7, 11) is 0. The van der Waals surface area contributed by atoms with Crippen LogP contribution in [0.15, 0.2) is 194 Å². The minimum atomic E-state index is -0.480. The maximum absolute atomic E-state index is 2.45. The molecule has 0 aromatic heterocycles. The maximum Gasteiger partial charge on any atom is 0.0714 e. The van der Waals surface area contributed by atoms with Crippen molar-refractivity contribution in [2.24, 2.45) is 0 Å². The Morgan fingerprint density at radius 2 is 0.870 bits per heavy atom. The van der Waals surface area contributed by atoms with Gasteiger partial charge in [0.05, 0.1) is 5.41 Å². The molecule has 0 atom stereocenters. The second-order valence-electron chi connectivity index (χ2n) is 15.4. The van der Waals surface area contributed by atoms with Crippen LogP contribution < -0.4 is 4.90 Å². The molecule has 0 spiro atoms. The first kappa shape index (κ1) is 32.2. The fourth-order valence-corrected chi connectivity index (χ4v) is 9.48. The van der Waals surface area contributed by atoms with Crippen LogP contribution in [0.25, 0.3) is 33.4 Å². The number of aryl methyl sites for hydroxylation is 1. The normalized spacial score (nSPS) is 14.1. The Labute approximate surface area is 318 Å². The Morgan fingerprint density at radius 3 is 1.56 bits per heavy atom. The maximum atomic E-state index is 2.45. The van der Waals surface area contributed by atoms with Crippen molar-refractivity contribution in [3.05, 3.63) is 233 Å². The average Bonchev–Trinajstić information content (AvgIpc) is 3.64. The predicted octanol–water partition coefficient (Wildman–Crippen LogP) is 13.8. The van der Waals surface area contributed by atoms with Gasteiger partial charge in [0.25, 0.3) is 0 Å². The number of anilines is 3. The van der Waals surface area contributed by atoms with Gasteiger partial charge in [0.2, 0.25) is 0 Å². The third-order valence-corrected chi connectivity index (χ3v) is 12.0. The van der Waals surface area contributed by atoms with E-state index in [1.54, 1.807) is 0 Å². The van der Waals surface area contributed by atoms with Gasteiger partial charge in [0.15, 0.2) is 0 Å². The molecular weight excluding hydrogens is 651 g/mol. The Bertz CT molecular complexity index is 2640. The van der Waals surface area contributed by atoms with Gasteiger partial charge < -0.3 is 4.90 Å². The van der Waals surface area contributed by atoms with E-state index < -0.39 is 5.41 Å². The molecule has 10 rings (SSSR count). The van der Waals surface area contributed by atoms with Crippen LogP contribution in [-0.4, -0.2) is 0 Å². The summed E-state index contributed by atoms with van der Waals surface area (Å²) in [6, 6.07) is 72.1. The van der Waals surface area contributed by atoms with Crippen molar-refractivity contribution >= 4 is 17.1 Å². The van der Waals surface area contributed by atoms with Crippen LogP contribution in [0.3, 0.4) is 0 Å². The Hall–Kier alpha value is -6.44. The van der Waals surface area contributed by atoms with Crippen molar-refractivity contribution in [2.45, 2.75) is 31.6 Å². The summed E-state index contributed by atoms with van der Waals surface area (Å²) in [5.41, 5.74) is 19.7. The van der Waals surface area contributed by atoms with Gasteiger partial charge in [0.1, 0.15) is 0 Å². The summed E-state index contributed by atoms with van der Waals surface area (Å²) in [5.74, 6) is 0. The first-order chi connectivity index (χ1) is 26.4. The highest BCUT2D eigenvalue weighted by Crippen LogP contribution is 2.57. The molecule has 0 unspecified atom stereocenters. The van der Waals surface area contributed by atoms with Crippen molar-refractivity contribution in [1.29, 1.82) is 0 Å². The highest BCUT2D eigenvalue weighted by atomic mass is 15.1. The summed E-state index contributed by atoms with van der Waals surface area (Å²) < 4.78 is 0. The van der Waals surface area contributed by atoms with Crippen LogP contribution in [0.5, 0.6) is 0 Å². The number of benzene rings is 8. The van der Waals surface area contributed by atoms with Crippen molar-refractivity contribution < 1.29 is 0 Å². The summed E-state index contributed by atoms with van der Waals surface area (Å²) >= 11 is 0. The highest BCUT2D eigenvalue weighted by Gasteiger charge is 2.46. The zero-order chi connectivity index (χ0) is 36.4. The lowest BCUT2D eigenvalue weighted by atomic mass is 9.67. The minimum Gasteiger partial charge on any atom is -0.310 e. The van der Waals surface area contributed by atoms with Crippen LogP contribution in [0.1, 0.15) is 52.8 Å². The lowest BCUT2D eigenvalue weighted by molar-refractivity contribution is 0.660. The van der Waals surface area contributed by atoms with E-state index in [0.29, 0.717) is 0 Å². The van der Waals surface area contributed by atoms with Gasteiger partial charge in [-0.05, 0) is 110 Å². The summed E-state index contributed by atoms with van der Waals surface area (Å²) in [5, 5.41) is 0. The molecule has 0 fully saturated rings. The third-order valence-electron chi connectivity index (χ3n) is 12.0. The van der Waals surface area contributed by atoms with E-state index in [1.807, 2.05) is 0 Å². The number of hydrogen-bond acceptors (Lipinski definition) is 1. The van der Waals surface area contributed by atoms with Gasteiger partial charge in [0, 0.05) is 22.5 Å². The van der Waals surface area contributed by atoms with Crippen molar-refractivity contribution in [3.8, 4) is 33.4 Å². The molecule has 2 aliphatic rings. The monoisotopic (exact) mass is 691 g/mol. The zero-order valence-corrected chi connectivity index (χ0v) is 30.9. The van der Waals surface area contributed by atoms with E-state index in [1.165, 1.54) is 72.3 Å². The second-order valence-corrected chi connectivity index (χ2v) is 15.4. The third kappa shape index (κ3) is 4.78. The van der Waals surface area contributed by atoms with Crippen LogP contribution >= 0.6 is 0 Å². The van der Waals surface area contributed by atoms with Crippen molar-refractivity contribution in [3.63, 3.8) is 0 Å². The first-order valence-corrected chi connectivity index (χ1v) is 19.0. The molecule has 8 aromatic carbocycles. The average molecular weight is 692 g/mol. The van der Waals surface area contributed by atoms with Crippen LogP contribution in [0, 0.1) is 6.92 Å². The smallest absolute Gasteiger partial charge is 0.0714 e. The van der Waals surface area contributed by atoms with Crippen LogP contribution in [-0.2, 0) is 10.8 Å². The van der Waals surface area contributed by atoms with E-state index >= 15 is 0 Å². The molecule has 258 valence electrons. The Morgan fingerprint density at radius 1 is 0.352 bits per heavy atom. The van der Waals surface area contributed by atoms with E-state index in [-0.39, 0.29) is 5.41 Å². The van der Waals surface area contributed by atoms with Crippen LogP contribution in [0.2, 0.25) is 0 Å². The quantitative estimate of drug-likeness (QED) is 0.168. The molecule has 0 bridgehead atoms. The molecule has 0 saturated heterocycles. The highest BCUT2D eigenvalue weighted by molar-refractivity contribution is 5.89. The molecule has 0 saturated carbocycles. The molecule has 8 aromatic rings. The van der Waals surface area contributed by atoms with Crippen LogP contribution in [0.4, 0.5) is 17.1 Å². The summed E-state index contributed by atoms with van der Waals surface area (Å²) in [4.78, 5) is 2.45. The zero-order valence-electron chi connectivity index (χ0n) is 30.9. The molecule has 0 radical (unpaired) electrons. The summed E-state index contributed by atoms with van der Waals surface area (Å²) in [6.07, 6.45) is 0. The molecule has 0 N–H and O–H groups in total. The number of fused-ring (bicyclic) bond motifs is 6. The number of hydrogen-bond donors (Lipinski definition) is 0. The van der Waals surface area contributed by atoms with Gasteiger partial charge in [-0.2, -0.15) is 0 Å². The molecule has 2 aliphatic carbocycles. The number of rotatable bonds is 6. The molecule has 0 amide bonds. The molecule has 0 aliphatic heterocycles. The number of nitrogens with zero attached hydrogens (tertiary/aromatic N) is 1. The van der Waals surface area contributed by atoms with Gasteiger partial charge >= 0.3 is 0 Å².